The largest absolute Gasteiger partial charge is 0.478 e. The first-order chi connectivity index (χ1) is 10.1. The van der Waals surface area contributed by atoms with Crippen LogP contribution in [-0.2, 0) is 6.54 Å². The number of amides is 2. The van der Waals surface area contributed by atoms with Gasteiger partial charge in [-0.05, 0) is 25.0 Å². The fourth-order valence-corrected chi connectivity index (χ4v) is 2.38. The van der Waals surface area contributed by atoms with Crippen LogP contribution in [0.5, 0.6) is 0 Å². The van der Waals surface area contributed by atoms with Crippen molar-refractivity contribution < 1.29 is 19.8 Å². The first-order valence-corrected chi connectivity index (χ1v) is 6.97. The van der Waals surface area contributed by atoms with Crippen molar-refractivity contribution in [3.63, 3.8) is 0 Å². The van der Waals surface area contributed by atoms with Gasteiger partial charge in [0.2, 0.25) is 0 Å². The van der Waals surface area contributed by atoms with E-state index in [2.05, 4.69) is 15.6 Å². The number of aromatic carboxylic acids is 1. The summed E-state index contributed by atoms with van der Waals surface area (Å²) in [5, 5.41) is 24.0. The van der Waals surface area contributed by atoms with Crippen molar-refractivity contribution in [2.45, 2.75) is 44.4 Å². The number of hydrogen-bond donors (Lipinski definition) is 4. The van der Waals surface area contributed by atoms with E-state index in [0.29, 0.717) is 12.1 Å². The van der Waals surface area contributed by atoms with Crippen LogP contribution in [0.4, 0.5) is 4.79 Å². The molecule has 1 aromatic heterocycles. The van der Waals surface area contributed by atoms with Crippen molar-refractivity contribution in [1.29, 1.82) is 0 Å². The minimum atomic E-state index is -1.03. The fourth-order valence-electron chi connectivity index (χ4n) is 2.38. The van der Waals surface area contributed by atoms with Gasteiger partial charge in [0.1, 0.15) is 0 Å². The molecule has 0 aliphatic heterocycles. The van der Waals surface area contributed by atoms with Gasteiger partial charge in [0.05, 0.1) is 29.9 Å². The number of carbonyl (C=O) groups is 2. The molecule has 2 atom stereocenters. The summed E-state index contributed by atoms with van der Waals surface area (Å²) >= 11 is 0. The van der Waals surface area contributed by atoms with E-state index in [1.807, 2.05) is 0 Å². The standard InChI is InChI=1S/C14H19N3O4/c18-12-4-2-1-3-11(12)17-14(21)16-8-10-7-9(13(19)20)5-6-15-10/h5-7,11-12,18H,1-4,8H2,(H,19,20)(H2,16,17,21). The Kier molecular flexibility index (Phi) is 5.10. The Balaban J connectivity index is 1.83. The van der Waals surface area contributed by atoms with E-state index in [1.165, 1.54) is 18.3 Å². The number of aliphatic hydroxyl groups excluding tert-OH is 1. The Labute approximate surface area is 122 Å². The molecule has 0 bridgehead atoms. The van der Waals surface area contributed by atoms with Gasteiger partial charge in [-0.15, -0.1) is 0 Å². The molecule has 4 N–H and O–H groups in total. The Bertz CT molecular complexity index is 521. The topological polar surface area (TPSA) is 112 Å². The molecule has 7 nitrogen and oxygen atoms in total. The maximum atomic E-state index is 11.8. The van der Waals surface area contributed by atoms with Gasteiger partial charge in [-0.2, -0.15) is 0 Å². The van der Waals surface area contributed by atoms with Crippen LogP contribution in [0, 0.1) is 0 Å². The molecule has 114 valence electrons. The molecular formula is C14H19N3O4. The summed E-state index contributed by atoms with van der Waals surface area (Å²) in [5.41, 5.74) is 0.596. The van der Waals surface area contributed by atoms with Crippen LogP contribution in [0.2, 0.25) is 0 Å². The van der Waals surface area contributed by atoms with Crippen LogP contribution in [-0.4, -0.2) is 39.3 Å². The highest BCUT2D eigenvalue weighted by Gasteiger charge is 2.24. The molecule has 1 aliphatic carbocycles. The van der Waals surface area contributed by atoms with E-state index in [-0.39, 0.29) is 24.2 Å². The van der Waals surface area contributed by atoms with E-state index in [9.17, 15) is 14.7 Å². The Morgan fingerprint density at radius 3 is 2.81 bits per heavy atom. The lowest BCUT2D eigenvalue weighted by Gasteiger charge is -2.28. The first-order valence-electron chi connectivity index (χ1n) is 6.97. The van der Waals surface area contributed by atoms with Crippen LogP contribution in [0.25, 0.3) is 0 Å². The van der Waals surface area contributed by atoms with Crippen molar-refractivity contribution in [1.82, 2.24) is 15.6 Å². The number of carboxylic acid groups (broad SMARTS) is 1. The first kappa shape index (κ1) is 15.2. The zero-order chi connectivity index (χ0) is 15.2. The molecule has 1 aliphatic rings. The zero-order valence-electron chi connectivity index (χ0n) is 11.6. The highest BCUT2D eigenvalue weighted by Crippen LogP contribution is 2.18. The van der Waals surface area contributed by atoms with Gasteiger partial charge in [0.15, 0.2) is 0 Å². The lowest BCUT2D eigenvalue weighted by molar-refractivity contribution is 0.0696. The normalized spacial score (nSPS) is 21.6. The van der Waals surface area contributed by atoms with Gasteiger partial charge in [0.25, 0.3) is 0 Å². The van der Waals surface area contributed by atoms with Gasteiger partial charge in [-0.1, -0.05) is 12.8 Å². The minimum Gasteiger partial charge on any atom is -0.478 e. The van der Waals surface area contributed by atoms with Crippen LogP contribution in [0.3, 0.4) is 0 Å². The van der Waals surface area contributed by atoms with E-state index >= 15 is 0 Å². The lowest BCUT2D eigenvalue weighted by Crippen LogP contribution is -2.48. The molecule has 21 heavy (non-hydrogen) atoms. The summed E-state index contributed by atoms with van der Waals surface area (Å²) in [6.45, 7) is 0.135. The maximum Gasteiger partial charge on any atom is 0.335 e. The fraction of sp³-hybridized carbons (Fsp3) is 0.500. The van der Waals surface area contributed by atoms with E-state index in [1.54, 1.807) is 0 Å². The smallest absolute Gasteiger partial charge is 0.335 e. The number of aromatic nitrogens is 1. The molecule has 2 amide bonds. The van der Waals surface area contributed by atoms with Crippen LogP contribution in [0.1, 0.15) is 41.7 Å². The van der Waals surface area contributed by atoms with Crippen molar-refractivity contribution in [2.24, 2.45) is 0 Å². The Morgan fingerprint density at radius 1 is 1.33 bits per heavy atom. The number of carbonyl (C=O) groups excluding carboxylic acids is 1. The number of hydrogen-bond acceptors (Lipinski definition) is 4. The van der Waals surface area contributed by atoms with Gasteiger partial charge in [-0.25, -0.2) is 9.59 Å². The molecule has 0 saturated heterocycles. The average Bonchev–Trinajstić information content (AvgIpc) is 2.48. The summed E-state index contributed by atoms with van der Waals surface area (Å²) in [7, 11) is 0. The highest BCUT2D eigenvalue weighted by molar-refractivity contribution is 5.87. The minimum absolute atomic E-state index is 0.130. The van der Waals surface area contributed by atoms with Gasteiger partial charge < -0.3 is 20.8 Å². The van der Waals surface area contributed by atoms with Crippen LogP contribution in [0.15, 0.2) is 18.3 Å². The average molecular weight is 293 g/mol. The molecule has 0 radical (unpaired) electrons. The number of pyridine rings is 1. The van der Waals surface area contributed by atoms with Crippen LogP contribution >= 0.6 is 0 Å². The zero-order valence-corrected chi connectivity index (χ0v) is 11.6. The molecule has 1 fully saturated rings. The molecule has 1 heterocycles. The number of rotatable bonds is 4. The Hall–Kier alpha value is -2.15. The third-order valence-corrected chi connectivity index (χ3v) is 3.54. The van der Waals surface area contributed by atoms with E-state index < -0.39 is 12.1 Å². The van der Waals surface area contributed by atoms with Crippen molar-refractivity contribution >= 4 is 12.0 Å². The summed E-state index contributed by atoms with van der Waals surface area (Å²) in [4.78, 5) is 26.6. The molecule has 2 rings (SSSR count). The monoisotopic (exact) mass is 293 g/mol. The van der Waals surface area contributed by atoms with E-state index in [4.69, 9.17) is 5.11 Å². The second-order valence-electron chi connectivity index (χ2n) is 5.13. The van der Waals surface area contributed by atoms with Gasteiger partial charge in [0, 0.05) is 6.20 Å². The number of carboxylic acids is 1. The second kappa shape index (κ2) is 7.03. The number of urea groups is 1. The van der Waals surface area contributed by atoms with E-state index in [0.717, 1.165) is 19.3 Å². The predicted octanol–water partition coefficient (Wildman–Crippen LogP) is 0.883. The van der Waals surface area contributed by atoms with Gasteiger partial charge in [-0.3, -0.25) is 4.98 Å². The highest BCUT2D eigenvalue weighted by atomic mass is 16.4. The summed E-state index contributed by atoms with van der Waals surface area (Å²) in [5.74, 6) is -1.03. The third kappa shape index (κ3) is 4.42. The molecule has 2 unspecified atom stereocenters. The number of nitrogens with one attached hydrogen (secondary N) is 2. The predicted molar refractivity (Wildman–Crippen MR) is 74.8 cm³/mol. The number of nitrogens with zero attached hydrogens (tertiary/aromatic N) is 1. The SMILES string of the molecule is O=C(NCc1cc(C(=O)O)ccn1)NC1CCCCC1O. The molecule has 0 aromatic carbocycles. The summed E-state index contributed by atoms with van der Waals surface area (Å²) < 4.78 is 0. The molecular weight excluding hydrogens is 274 g/mol. The quantitative estimate of drug-likeness (QED) is 0.658. The molecule has 1 saturated carbocycles. The summed E-state index contributed by atoms with van der Waals surface area (Å²) in [6.07, 6.45) is 4.33. The molecule has 0 spiro atoms. The van der Waals surface area contributed by atoms with Crippen molar-refractivity contribution in [3.05, 3.63) is 29.6 Å². The third-order valence-electron chi connectivity index (χ3n) is 3.54. The maximum absolute atomic E-state index is 11.8. The van der Waals surface area contributed by atoms with Crippen molar-refractivity contribution in [3.8, 4) is 0 Å². The number of aliphatic hydroxyl groups is 1. The Morgan fingerprint density at radius 2 is 2.10 bits per heavy atom. The lowest BCUT2D eigenvalue weighted by atomic mass is 9.93. The van der Waals surface area contributed by atoms with Crippen LogP contribution < -0.4 is 10.6 Å². The summed E-state index contributed by atoms with van der Waals surface area (Å²) in [6, 6.07) is 2.20. The van der Waals surface area contributed by atoms with Crippen molar-refractivity contribution in [2.75, 3.05) is 0 Å². The molecule has 1 aromatic rings. The second-order valence-corrected chi connectivity index (χ2v) is 5.13. The molecule has 7 heteroatoms. The van der Waals surface area contributed by atoms with Gasteiger partial charge >= 0.3 is 12.0 Å².